The van der Waals surface area contributed by atoms with Gasteiger partial charge in [-0.2, -0.15) is 0 Å². The molecule has 1 aliphatic heterocycles. The third-order valence-corrected chi connectivity index (χ3v) is 4.64. The molecule has 1 fully saturated rings. The van der Waals surface area contributed by atoms with Gasteiger partial charge in [0.25, 0.3) is 0 Å². The molecular formula is C17H23N5S. The van der Waals surface area contributed by atoms with Crippen molar-refractivity contribution in [1.29, 1.82) is 0 Å². The Morgan fingerprint density at radius 1 is 1.17 bits per heavy atom. The highest BCUT2D eigenvalue weighted by atomic mass is 32.2. The molecule has 6 heteroatoms. The van der Waals surface area contributed by atoms with Crippen LogP contribution >= 0.6 is 11.8 Å². The van der Waals surface area contributed by atoms with Crippen molar-refractivity contribution in [2.45, 2.75) is 43.5 Å². The van der Waals surface area contributed by atoms with E-state index < -0.39 is 0 Å². The summed E-state index contributed by atoms with van der Waals surface area (Å²) in [4.78, 5) is 6.83. The Morgan fingerprint density at radius 3 is 2.70 bits per heavy atom. The van der Waals surface area contributed by atoms with E-state index in [4.69, 9.17) is 0 Å². The summed E-state index contributed by atoms with van der Waals surface area (Å²) in [6.07, 6.45) is 4.42. The highest BCUT2D eigenvalue weighted by Gasteiger charge is 2.13. The Bertz CT molecular complexity index is 623. The first kappa shape index (κ1) is 16.1. The monoisotopic (exact) mass is 329 g/mol. The van der Waals surface area contributed by atoms with Crippen LogP contribution in [0.1, 0.15) is 32.3 Å². The second-order valence-corrected chi connectivity index (χ2v) is 7.59. The number of thioether (sulfide) groups is 1. The van der Waals surface area contributed by atoms with Crippen molar-refractivity contribution in [3.8, 4) is 0 Å². The lowest BCUT2D eigenvalue weighted by molar-refractivity contribution is 0.910. The number of rotatable bonds is 6. The van der Waals surface area contributed by atoms with Crippen LogP contribution in [0.25, 0.3) is 0 Å². The molecule has 2 aromatic rings. The van der Waals surface area contributed by atoms with E-state index >= 15 is 0 Å². The Morgan fingerprint density at radius 2 is 2.00 bits per heavy atom. The van der Waals surface area contributed by atoms with Crippen molar-refractivity contribution in [2.24, 2.45) is 0 Å². The molecule has 122 valence electrons. The van der Waals surface area contributed by atoms with E-state index in [0.29, 0.717) is 5.25 Å². The van der Waals surface area contributed by atoms with Crippen LogP contribution < -0.4 is 10.2 Å². The Hall–Kier alpha value is -1.82. The number of hydrogen-bond donors (Lipinski definition) is 1. The molecule has 0 saturated carbocycles. The molecule has 0 aromatic carbocycles. The SMILES string of the molecule is CC(C)Sc1ccc(NCc2ccnc(N3CCCC3)c2)nn1. The first-order valence-corrected chi connectivity index (χ1v) is 9.03. The topological polar surface area (TPSA) is 53.9 Å². The molecule has 1 N–H and O–H groups in total. The lowest BCUT2D eigenvalue weighted by Crippen LogP contribution is -2.19. The Balaban J connectivity index is 1.58. The Labute approximate surface area is 141 Å². The largest absolute Gasteiger partial charge is 0.365 e. The third-order valence-electron chi connectivity index (χ3n) is 3.71. The van der Waals surface area contributed by atoms with Gasteiger partial charge < -0.3 is 10.2 Å². The highest BCUT2D eigenvalue weighted by molar-refractivity contribution is 7.99. The second-order valence-electron chi connectivity index (χ2n) is 5.99. The number of anilines is 2. The molecule has 5 nitrogen and oxygen atoms in total. The van der Waals surface area contributed by atoms with Crippen molar-refractivity contribution in [3.63, 3.8) is 0 Å². The predicted octanol–water partition coefficient (Wildman–Crippen LogP) is 3.58. The summed E-state index contributed by atoms with van der Waals surface area (Å²) in [5.74, 6) is 1.88. The van der Waals surface area contributed by atoms with Gasteiger partial charge in [-0.25, -0.2) is 4.98 Å². The average molecular weight is 329 g/mol. The van der Waals surface area contributed by atoms with E-state index in [0.717, 1.165) is 36.3 Å². The third kappa shape index (κ3) is 4.58. The van der Waals surface area contributed by atoms with Crippen molar-refractivity contribution in [2.75, 3.05) is 23.3 Å². The second kappa shape index (κ2) is 7.64. The molecule has 0 aliphatic carbocycles. The molecule has 0 radical (unpaired) electrons. The minimum atomic E-state index is 0.518. The molecule has 1 saturated heterocycles. The van der Waals surface area contributed by atoms with E-state index in [1.807, 2.05) is 24.4 Å². The minimum Gasteiger partial charge on any atom is -0.365 e. The average Bonchev–Trinajstić information content (AvgIpc) is 3.08. The summed E-state index contributed by atoms with van der Waals surface area (Å²) in [6, 6.07) is 8.21. The van der Waals surface area contributed by atoms with E-state index in [1.165, 1.54) is 18.4 Å². The van der Waals surface area contributed by atoms with Gasteiger partial charge in [0.05, 0.1) is 0 Å². The van der Waals surface area contributed by atoms with E-state index in [9.17, 15) is 0 Å². The molecule has 0 spiro atoms. The van der Waals surface area contributed by atoms with Crippen LogP contribution in [0.15, 0.2) is 35.5 Å². The van der Waals surface area contributed by atoms with Crippen molar-refractivity contribution in [1.82, 2.24) is 15.2 Å². The smallest absolute Gasteiger partial charge is 0.148 e. The van der Waals surface area contributed by atoms with Crippen LogP contribution in [0.4, 0.5) is 11.6 Å². The summed E-state index contributed by atoms with van der Waals surface area (Å²) < 4.78 is 0. The predicted molar refractivity (Wildman–Crippen MR) is 96.0 cm³/mol. The van der Waals surface area contributed by atoms with E-state index in [-0.39, 0.29) is 0 Å². The van der Waals surface area contributed by atoms with Gasteiger partial charge in [-0.1, -0.05) is 13.8 Å². The molecule has 1 aliphatic rings. The molecule has 3 rings (SSSR count). The van der Waals surface area contributed by atoms with Crippen LogP contribution in [0.2, 0.25) is 0 Å². The molecule has 0 atom stereocenters. The molecule has 0 bridgehead atoms. The summed E-state index contributed by atoms with van der Waals surface area (Å²) in [7, 11) is 0. The lowest BCUT2D eigenvalue weighted by Gasteiger charge is -2.17. The lowest BCUT2D eigenvalue weighted by atomic mass is 10.2. The van der Waals surface area contributed by atoms with Gasteiger partial charge in [0.15, 0.2) is 0 Å². The van der Waals surface area contributed by atoms with Gasteiger partial charge in [0.2, 0.25) is 0 Å². The first-order chi connectivity index (χ1) is 11.2. The van der Waals surface area contributed by atoms with Crippen LogP contribution in [-0.2, 0) is 6.54 Å². The molecule has 2 aromatic heterocycles. The maximum atomic E-state index is 4.48. The molecular weight excluding hydrogens is 306 g/mol. The van der Waals surface area contributed by atoms with Gasteiger partial charge >= 0.3 is 0 Å². The van der Waals surface area contributed by atoms with Crippen LogP contribution in [0.5, 0.6) is 0 Å². The standard InChI is InChI=1S/C17H23N5S/c1-13(2)23-17-6-5-15(20-21-17)19-12-14-7-8-18-16(11-14)22-9-3-4-10-22/h5-8,11,13H,3-4,9-10,12H2,1-2H3,(H,19,20). The van der Waals surface area contributed by atoms with Crippen LogP contribution in [0, 0.1) is 0 Å². The number of aromatic nitrogens is 3. The molecule has 0 amide bonds. The van der Waals surface area contributed by atoms with Crippen LogP contribution in [0.3, 0.4) is 0 Å². The molecule has 23 heavy (non-hydrogen) atoms. The van der Waals surface area contributed by atoms with Gasteiger partial charge in [-0.05, 0) is 42.7 Å². The maximum absolute atomic E-state index is 4.48. The van der Waals surface area contributed by atoms with Crippen molar-refractivity contribution < 1.29 is 0 Å². The van der Waals surface area contributed by atoms with Gasteiger partial charge in [0.1, 0.15) is 16.7 Å². The number of nitrogens with one attached hydrogen (secondary N) is 1. The fourth-order valence-electron chi connectivity index (χ4n) is 2.60. The van der Waals surface area contributed by atoms with Crippen molar-refractivity contribution >= 4 is 23.4 Å². The Kier molecular flexibility index (Phi) is 5.33. The minimum absolute atomic E-state index is 0.518. The summed E-state index contributed by atoms with van der Waals surface area (Å²) >= 11 is 1.72. The number of hydrogen-bond acceptors (Lipinski definition) is 6. The van der Waals surface area contributed by atoms with Crippen molar-refractivity contribution in [3.05, 3.63) is 36.0 Å². The van der Waals surface area contributed by atoms with Gasteiger partial charge in [0, 0.05) is 31.1 Å². The summed E-state index contributed by atoms with van der Waals surface area (Å²) in [5.41, 5.74) is 1.21. The summed E-state index contributed by atoms with van der Waals surface area (Å²) in [5, 5.41) is 13.3. The number of nitrogens with zero attached hydrogens (tertiary/aromatic N) is 4. The molecule has 0 unspecified atom stereocenters. The number of pyridine rings is 1. The maximum Gasteiger partial charge on any atom is 0.148 e. The normalized spacial score (nSPS) is 14.5. The summed E-state index contributed by atoms with van der Waals surface area (Å²) in [6.45, 7) is 7.27. The first-order valence-electron chi connectivity index (χ1n) is 8.15. The quantitative estimate of drug-likeness (QED) is 0.818. The van der Waals surface area contributed by atoms with Gasteiger partial charge in [-0.3, -0.25) is 0 Å². The van der Waals surface area contributed by atoms with E-state index in [1.54, 1.807) is 11.8 Å². The zero-order valence-electron chi connectivity index (χ0n) is 13.7. The zero-order valence-corrected chi connectivity index (χ0v) is 14.5. The highest BCUT2D eigenvalue weighted by Crippen LogP contribution is 2.21. The zero-order chi connectivity index (χ0) is 16.1. The van der Waals surface area contributed by atoms with Crippen LogP contribution in [-0.4, -0.2) is 33.5 Å². The fraction of sp³-hybridized carbons (Fsp3) is 0.471. The molecule has 3 heterocycles. The van der Waals surface area contributed by atoms with E-state index in [2.05, 4.69) is 45.3 Å². The fourth-order valence-corrected chi connectivity index (χ4v) is 3.32. The van der Waals surface area contributed by atoms with Gasteiger partial charge in [-0.15, -0.1) is 22.0 Å².